The van der Waals surface area contributed by atoms with Gasteiger partial charge >= 0.3 is 0 Å². The smallest absolute Gasteiger partial charge is 0.277 e. The van der Waals surface area contributed by atoms with Crippen LogP contribution in [0.15, 0.2) is 29.2 Å². The Morgan fingerprint density at radius 2 is 1.65 bits per heavy atom. The monoisotopic (exact) mass is 380 g/mol. The maximum atomic E-state index is 12.7. The van der Waals surface area contributed by atoms with Crippen LogP contribution in [0.2, 0.25) is 0 Å². The first-order valence-corrected chi connectivity index (χ1v) is 11.0. The molecule has 2 aliphatic rings. The molecule has 2 saturated heterocycles. The first-order valence-electron chi connectivity index (χ1n) is 9.54. The molecule has 0 radical (unpaired) electrons. The van der Waals surface area contributed by atoms with Crippen molar-refractivity contribution in [3.63, 3.8) is 0 Å². The molecule has 7 heteroatoms. The van der Waals surface area contributed by atoms with Gasteiger partial charge in [0.2, 0.25) is 10.0 Å². The third-order valence-corrected chi connectivity index (χ3v) is 7.54. The van der Waals surface area contributed by atoms with E-state index in [0.29, 0.717) is 43.5 Å². The number of carbonyl (C=O) groups excluding carboxylic acids is 1. The minimum Gasteiger partial charge on any atom is -0.338 e. The molecule has 0 bridgehead atoms. The van der Waals surface area contributed by atoms with Crippen molar-refractivity contribution in [1.29, 1.82) is 0 Å². The summed E-state index contributed by atoms with van der Waals surface area (Å²) in [7, 11) is -3.43. The number of rotatable bonds is 4. The summed E-state index contributed by atoms with van der Waals surface area (Å²) in [5.41, 5.74) is 1.05. The zero-order valence-corrected chi connectivity index (χ0v) is 16.6. The van der Waals surface area contributed by atoms with Crippen molar-refractivity contribution < 1.29 is 18.1 Å². The number of carbonyl (C=O) groups is 1. The maximum absolute atomic E-state index is 12.7. The van der Waals surface area contributed by atoms with Gasteiger partial charge in [0.05, 0.1) is 31.1 Å². The molecular formula is C19H30N3O3S+. The standard InChI is InChI=1S/C19H29N3O3S/c1-16-3-5-18(6-4-16)26(24,25)22-13-11-20(12-14-22)15-19(23)21-9-7-17(2)8-10-21/h3-6,17H,7-15H2,1-2H3/p+1. The molecular weight excluding hydrogens is 350 g/mol. The Morgan fingerprint density at radius 1 is 1.08 bits per heavy atom. The average molecular weight is 381 g/mol. The predicted molar refractivity (Wildman–Crippen MR) is 100 cm³/mol. The molecule has 1 aromatic carbocycles. The molecule has 0 spiro atoms. The zero-order chi connectivity index (χ0) is 18.7. The van der Waals surface area contributed by atoms with Crippen LogP contribution in [0.3, 0.4) is 0 Å². The Labute approximate surface area is 156 Å². The van der Waals surface area contributed by atoms with Gasteiger partial charge in [-0.15, -0.1) is 0 Å². The van der Waals surface area contributed by atoms with Crippen molar-refractivity contribution in [2.75, 3.05) is 45.8 Å². The summed E-state index contributed by atoms with van der Waals surface area (Å²) in [6.07, 6.45) is 2.17. The van der Waals surface area contributed by atoms with Crippen molar-refractivity contribution in [1.82, 2.24) is 9.21 Å². The minimum absolute atomic E-state index is 0.210. The Kier molecular flexibility index (Phi) is 5.99. The molecule has 0 unspecified atom stereocenters. The summed E-state index contributed by atoms with van der Waals surface area (Å²) in [5.74, 6) is 0.920. The van der Waals surface area contributed by atoms with Crippen LogP contribution in [0.1, 0.15) is 25.3 Å². The van der Waals surface area contributed by atoms with E-state index in [4.69, 9.17) is 0 Å². The maximum Gasteiger partial charge on any atom is 0.277 e. The largest absolute Gasteiger partial charge is 0.338 e. The first-order chi connectivity index (χ1) is 12.4. The molecule has 26 heavy (non-hydrogen) atoms. The van der Waals surface area contributed by atoms with E-state index in [2.05, 4.69) is 6.92 Å². The Balaban J connectivity index is 1.52. The van der Waals surface area contributed by atoms with Gasteiger partial charge in [0, 0.05) is 13.1 Å². The lowest BCUT2D eigenvalue weighted by atomic mass is 9.99. The molecule has 0 aromatic heterocycles. The molecule has 2 aliphatic heterocycles. The quantitative estimate of drug-likeness (QED) is 0.809. The molecule has 1 aromatic rings. The van der Waals surface area contributed by atoms with Crippen LogP contribution in [0.5, 0.6) is 0 Å². The molecule has 0 atom stereocenters. The third kappa shape index (κ3) is 4.45. The van der Waals surface area contributed by atoms with E-state index >= 15 is 0 Å². The van der Waals surface area contributed by atoms with E-state index in [1.54, 1.807) is 16.4 Å². The molecule has 1 amide bonds. The highest BCUT2D eigenvalue weighted by Gasteiger charge is 2.32. The Hall–Kier alpha value is -1.44. The van der Waals surface area contributed by atoms with E-state index in [0.717, 1.165) is 31.5 Å². The highest BCUT2D eigenvalue weighted by Crippen LogP contribution is 2.17. The fourth-order valence-corrected chi connectivity index (χ4v) is 5.10. The second-order valence-corrected chi connectivity index (χ2v) is 9.65. The molecule has 144 valence electrons. The Morgan fingerprint density at radius 3 is 2.23 bits per heavy atom. The van der Waals surface area contributed by atoms with Crippen LogP contribution >= 0.6 is 0 Å². The number of piperazine rings is 1. The lowest BCUT2D eigenvalue weighted by Gasteiger charge is -2.34. The van der Waals surface area contributed by atoms with E-state index in [1.165, 1.54) is 4.90 Å². The van der Waals surface area contributed by atoms with Gasteiger partial charge in [-0.2, -0.15) is 4.31 Å². The molecule has 0 saturated carbocycles. The molecule has 1 N–H and O–H groups in total. The zero-order valence-electron chi connectivity index (χ0n) is 15.8. The highest BCUT2D eigenvalue weighted by molar-refractivity contribution is 7.89. The molecule has 0 aliphatic carbocycles. The number of amides is 1. The SMILES string of the molecule is Cc1ccc(S(=O)(=O)N2CC[NH+](CC(=O)N3CCC(C)CC3)CC2)cc1. The lowest BCUT2D eigenvalue weighted by Crippen LogP contribution is -3.15. The fraction of sp³-hybridized carbons (Fsp3) is 0.632. The van der Waals surface area contributed by atoms with E-state index in [1.807, 2.05) is 24.0 Å². The van der Waals surface area contributed by atoms with E-state index in [-0.39, 0.29) is 5.91 Å². The average Bonchev–Trinajstić information content (AvgIpc) is 2.63. The number of piperidine rings is 1. The molecule has 6 nitrogen and oxygen atoms in total. The van der Waals surface area contributed by atoms with Crippen LogP contribution in [0.4, 0.5) is 0 Å². The molecule has 2 fully saturated rings. The summed E-state index contributed by atoms with van der Waals surface area (Å²) < 4.78 is 27.0. The van der Waals surface area contributed by atoms with Crippen LogP contribution < -0.4 is 4.90 Å². The van der Waals surface area contributed by atoms with Gasteiger partial charge in [-0.1, -0.05) is 24.6 Å². The molecule has 3 rings (SSSR count). The Bertz CT molecular complexity index is 717. The number of quaternary nitrogens is 1. The van der Waals surface area contributed by atoms with Crippen molar-refractivity contribution in [3.05, 3.63) is 29.8 Å². The number of hydrogen-bond donors (Lipinski definition) is 1. The van der Waals surface area contributed by atoms with Gasteiger partial charge in [-0.3, -0.25) is 4.79 Å². The minimum atomic E-state index is -3.43. The number of hydrogen-bond acceptors (Lipinski definition) is 3. The second-order valence-electron chi connectivity index (χ2n) is 7.71. The third-order valence-electron chi connectivity index (χ3n) is 5.63. The van der Waals surface area contributed by atoms with Gasteiger partial charge in [0.15, 0.2) is 6.54 Å². The van der Waals surface area contributed by atoms with E-state index in [9.17, 15) is 13.2 Å². The summed E-state index contributed by atoms with van der Waals surface area (Å²) in [6.45, 7) is 8.68. The molecule has 2 heterocycles. The topological polar surface area (TPSA) is 62.1 Å². The van der Waals surface area contributed by atoms with Gasteiger partial charge in [-0.25, -0.2) is 8.42 Å². The van der Waals surface area contributed by atoms with E-state index < -0.39 is 10.0 Å². The number of aryl methyl sites for hydroxylation is 1. The van der Waals surface area contributed by atoms with Crippen LogP contribution in [0.25, 0.3) is 0 Å². The number of nitrogens with zero attached hydrogens (tertiary/aromatic N) is 2. The predicted octanol–water partition coefficient (Wildman–Crippen LogP) is 0.143. The fourth-order valence-electron chi connectivity index (χ4n) is 3.66. The number of sulfonamides is 1. The van der Waals surface area contributed by atoms with Gasteiger partial charge in [0.1, 0.15) is 0 Å². The van der Waals surface area contributed by atoms with Crippen LogP contribution in [-0.4, -0.2) is 69.3 Å². The van der Waals surface area contributed by atoms with Gasteiger partial charge < -0.3 is 9.80 Å². The van der Waals surface area contributed by atoms with Gasteiger partial charge in [-0.05, 0) is 37.8 Å². The number of likely N-dealkylation sites (tertiary alicyclic amines) is 1. The van der Waals surface area contributed by atoms with Crippen molar-refractivity contribution in [2.24, 2.45) is 5.92 Å². The summed E-state index contributed by atoms with van der Waals surface area (Å²) in [4.78, 5) is 16.0. The summed E-state index contributed by atoms with van der Waals surface area (Å²) in [5, 5.41) is 0. The van der Waals surface area contributed by atoms with Gasteiger partial charge in [0.25, 0.3) is 5.91 Å². The summed E-state index contributed by atoms with van der Waals surface area (Å²) in [6, 6.07) is 6.99. The second kappa shape index (κ2) is 8.06. The highest BCUT2D eigenvalue weighted by atomic mass is 32.2. The first kappa shape index (κ1) is 19.3. The van der Waals surface area contributed by atoms with Crippen LogP contribution in [-0.2, 0) is 14.8 Å². The van der Waals surface area contributed by atoms with Crippen molar-refractivity contribution >= 4 is 15.9 Å². The van der Waals surface area contributed by atoms with Crippen LogP contribution in [0, 0.1) is 12.8 Å². The lowest BCUT2D eigenvalue weighted by molar-refractivity contribution is -0.896. The van der Waals surface area contributed by atoms with Crippen molar-refractivity contribution in [2.45, 2.75) is 31.6 Å². The number of nitrogens with one attached hydrogen (secondary N) is 1. The van der Waals surface area contributed by atoms with Crippen molar-refractivity contribution in [3.8, 4) is 0 Å². The number of benzene rings is 1. The summed E-state index contributed by atoms with van der Waals surface area (Å²) >= 11 is 0. The normalized spacial score (nSPS) is 21.1.